The maximum absolute atomic E-state index is 12.4. The number of aliphatic carboxylic acids is 2. The molecule has 0 bridgehead atoms. The fourth-order valence-corrected chi connectivity index (χ4v) is 6.28. The number of rotatable bonds is 13. The van der Waals surface area contributed by atoms with Crippen LogP contribution in [0.3, 0.4) is 0 Å². The van der Waals surface area contributed by atoms with Crippen LogP contribution in [0.5, 0.6) is 0 Å². The zero-order chi connectivity index (χ0) is 31.6. The Labute approximate surface area is 251 Å². The van der Waals surface area contributed by atoms with E-state index in [-0.39, 0.29) is 43.2 Å². The molecule has 1 aromatic heterocycles. The first-order valence-electron chi connectivity index (χ1n) is 14.6. The average Bonchev–Trinajstić information content (AvgIpc) is 3.59. The molecule has 4 rings (SSSR count). The van der Waals surface area contributed by atoms with E-state index in [1.54, 1.807) is 6.08 Å². The summed E-state index contributed by atoms with van der Waals surface area (Å²) in [4.78, 5) is 56.2. The smallest absolute Gasteiger partial charge is 0.303 e. The molecule has 0 spiro atoms. The van der Waals surface area contributed by atoms with Crippen LogP contribution in [0, 0.1) is 6.92 Å². The van der Waals surface area contributed by atoms with Gasteiger partial charge < -0.3 is 25.8 Å². The molecule has 0 saturated carbocycles. The lowest BCUT2D eigenvalue weighted by Crippen LogP contribution is -2.31. The van der Waals surface area contributed by atoms with E-state index < -0.39 is 11.9 Å². The van der Waals surface area contributed by atoms with Crippen molar-refractivity contribution in [1.29, 1.82) is 0 Å². The topological polar surface area (TPSA) is 161 Å². The predicted octanol–water partition coefficient (Wildman–Crippen LogP) is 4.48. The number of carboxylic acids is 2. The first-order valence-corrected chi connectivity index (χ1v) is 14.6. The largest absolute Gasteiger partial charge is 0.481 e. The molecule has 0 aromatic carbocycles. The number of aliphatic imine (C=N–C) groups is 1. The molecule has 10 heteroatoms. The highest BCUT2D eigenvalue weighted by atomic mass is 16.4. The van der Waals surface area contributed by atoms with Gasteiger partial charge >= 0.3 is 11.9 Å². The fraction of sp³-hybridized carbons (Fsp3) is 0.424. The van der Waals surface area contributed by atoms with Gasteiger partial charge in [0.05, 0.1) is 17.8 Å². The van der Waals surface area contributed by atoms with Gasteiger partial charge in [0, 0.05) is 53.9 Å². The molecule has 3 aliphatic heterocycles. The number of hydrogen-bond acceptors (Lipinski definition) is 5. The van der Waals surface area contributed by atoms with E-state index in [4.69, 9.17) is 4.99 Å². The van der Waals surface area contributed by atoms with Crippen molar-refractivity contribution in [2.45, 2.75) is 91.6 Å². The Kier molecular flexibility index (Phi) is 9.37. The van der Waals surface area contributed by atoms with Crippen LogP contribution in [0.15, 0.2) is 56.8 Å². The maximum atomic E-state index is 12.4. The second kappa shape index (κ2) is 12.8. The number of hydrogen-bond donors (Lipinski definition) is 5. The third-order valence-corrected chi connectivity index (χ3v) is 8.86. The lowest BCUT2D eigenvalue weighted by molar-refractivity contribution is -0.138. The van der Waals surface area contributed by atoms with Crippen LogP contribution in [0.4, 0.5) is 0 Å². The molecule has 228 valence electrons. The normalized spacial score (nSPS) is 21.2. The minimum atomic E-state index is -0.917. The number of aromatic amines is 1. The number of aromatic nitrogens is 1. The number of amides is 2. The van der Waals surface area contributed by atoms with E-state index in [9.17, 15) is 29.4 Å². The van der Waals surface area contributed by atoms with E-state index in [1.165, 1.54) is 0 Å². The number of carbonyl (C=O) groups is 4. The van der Waals surface area contributed by atoms with Gasteiger partial charge in [-0.1, -0.05) is 19.6 Å². The zero-order valence-corrected chi connectivity index (χ0v) is 25.4. The molecule has 0 saturated heterocycles. The molecule has 4 heterocycles. The van der Waals surface area contributed by atoms with Gasteiger partial charge in [-0.3, -0.25) is 24.2 Å². The molecular weight excluding hydrogens is 548 g/mol. The highest BCUT2D eigenvalue weighted by Gasteiger charge is 2.32. The van der Waals surface area contributed by atoms with Crippen molar-refractivity contribution in [2.24, 2.45) is 4.99 Å². The van der Waals surface area contributed by atoms with Crippen molar-refractivity contribution in [1.82, 2.24) is 15.6 Å². The van der Waals surface area contributed by atoms with E-state index in [0.29, 0.717) is 30.5 Å². The van der Waals surface area contributed by atoms with Crippen LogP contribution in [-0.2, 0) is 32.0 Å². The highest BCUT2D eigenvalue weighted by molar-refractivity contribution is 6.07. The summed E-state index contributed by atoms with van der Waals surface area (Å²) in [6.07, 6.45) is 5.61. The minimum Gasteiger partial charge on any atom is -0.481 e. The molecule has 0 radical (unpaired) electrons. The van der Waals surface area contributed by atoms with Crippen molar-refractivity contribution < 1.29 is 29.4 Å². The van der Waals surface area contributed by atoms with Crippen LogP contribution in [0.25, 0.3) is 6.08 Å². The summed E-state index contributed by atoms with van der Waals surface area (Å²) in [6, 6.07) is -0.393. The molecular formula is C33H40N4O6. The number of carboxylic acid groups (broad SMARTS) is 2. The summed E-state index contributed by atoms with van der Waals surface area (Å²) in [5, 5.41) is 24.9. The van der Waals surface area contributed by atoms with E-state index >= 15 is 0 Å². The number of carbonyl (C=O) groups excluding carboxylic acids is 2. The van der Waals surface area contributed by atoms with Crippen molar-refractivity contribution >= 4 is 35.5 Å². The van der Waals surface area contributed by atoms with Crippen LogP contribution < -0.4 is 10.6 Å². The fourth-order valence-electron chi connectivity index (χ4n) is 6.28. The van der Waals surface area contributed by atoms with Crippen molar-refractivity contribution in [2.75, 3.05) is 0 Å². The van der Waals surface area contributed by atoms with E-state index in [2.05, 4.69) is 22.2 Å². The van der Waals surface area contributed by atoms with E-state index in [0.717, 1.165) is 62.5 Å². The standard InChI is InChI=1S/C33H40N4O6/c1-7-20-19(6)32(42)37-27(20)14-25-18(5)23(10-12-31(40)41)29(35-25)15-28-22(9-11-30(38)39)17(4)24(34-28)13-26-16(3)21(8-2)33(43)36-26/h8,15,26-27,35H,2,7,9-14H2,1,3-6H3,(H,36,43)(H,37,42)(H,38,39)(H,40,41)/b28-15+/t26-,27+/m0/s1. The Morgan fingerprint density at radius 3 is 2.19 bits per heavy atom. The summed E-state index contributed by atoms with van der Waals surface area (Å²) in [5.74, 6) is -2.07. The van der Waals surface area contributed by atoms with Gasteiger partial charge in [-0.25, -0.2) is 0 Å². The third kappa shape index (κ3) is 6.48. The average molecular weight is 589 g/mol. The van der Waals surface area contributed by atoms with Gasteiger partial charge in [-0.05, 0) is 86.5 Å². The number of H-pyrrole nitrogens is 1. The van der Waals surface area contributed by atoms with Gasteiger partial charge in [-0.15, -0.1) is 0 Å². The molecule has 2 amide bonds. The molecule has 3 aliphatic rings. The summed E-state index contributed by atoms with van der Waals surface area (Å²) in [5.41, 5.74) is 9.71. The Hall–Kier alpha value is -4.47. The Bertz CT molecular complexity index is 1560. The third-order valence-electron chi connectivity index (χ3n) is 8.86. The molecule has 0 fully saturated rings. The van der Waals surface area contributed by atoms with Crippen LogP contribution in [0.1, 0.15) is 82.3 Å². The van der Waals surface area contributed by atoms with Gasteiger partial charge in [0.25, 0.3) is 5.91 Å². The number of allylic oxidation sites excluding steroid dienone is 2. The van der Waals surface area contributed by atoms with Crippen LogP contribution in [0.2, 0.25) is 0 Å². The first kappa shape index (κ1) is 31.5. The van der Waals surface area contributed by atoms with Crippen molar-refractivity contribution in [3.8, 4) is 0 Å². The van der Waals surface area contributed by atoms with Crippen LogP contribution >= 0.6 is 0 Å². The summed E-state index contributed by atoms with van der Waals surface area (Å²) in [7, 11) is 0. The number of nitrogens with zero attached hydrogens (tertiary/aromatic N) is 1. The van der Waals surface area contributed by atoms with Gasteiger partial charge in [0.15, 0.2) is 0 Å². The quantitative estimate of drug-likeness (QED) is 0.228. The Balaban J connectivity index is 1.74. The Morgan fingerprint density at radius 2 is 1.58 bits per heavy atom. The second-order valence-corrected chi connectivity index (χ2v) is 11.4. The van der Waals surface area contributed by atoms with Crippen molar-refractivity contribution in [3.05, 3.63) is 74.3 Å². The molecule has 2 atom stereocenters. The lowest BCUT2D eigenvalue weighted by Gasteiger charge is -2.14. The summed E-state index contributed by atoms with van der Waals surface area (Å²) >= 11 is 0. The molecule has 5 N–H and O–H groups in total. The Morgan fingerprint density at radius 1 is 0.930 bits per heavy atom. The monoisotopic (exact) mass is 588 g/mol. The zero-order valence-electron chi connectivity index (χ0n) is 25.4. The van der Waals surface area contributed by atoms with E-state index in [1.807, 2.05) is 40.7 Å². The molecule has 43 heavy (non-hydrogen) atoms. The molecule has 1 aromatic rings. The first-order chi connectivity index (χ1) is 20.4. The molecule has 10 nitrogen and oxygen atoms in total. The highest BCUT2D eigenvalue weighted by Crippen LogP contribution is 2.35. The van der Waals surface area contributed by atoms with Crippen LogP contribution in [-0.4, -0.2) is 56.7 Å². The number of nitrogens with one attached hydrogen (secondary N) is 3. The lowest BCUT2D eigenvalue weighted by atomic mass is 9.95. The van der Waals surface area contributed by atoms with Gasteiger partial charge in [-0.2, -0.15) is 0 Å². The molecule has 0 aliphatic carbocycles. The molecule has 0 unspecified atom stereocenters. The summed E-state index contributed by atoms with van der Waals surface area (Å²) < 4.78 is 0. The predicted molar refractivity (Wildman–Crippen MR) is 165 cm³/mol. The SMILES string of the molecule is C=CC1=C(C)[C@H](CC2=N/C(=C/c3[nH]c(C[C@H]4NC(=O)C(C)=C4CC)c(C)c3CCC(=O)O)C(CCC(=O)O)=C2C)NC1=O. The minimum absolute atomic E-state index is 0.0540. The second-order valence-electron chi connectivity index (χ2n) is 11.4. The van der Waals surface area contributed by atoms with Gasteiger partial charge in [0.1, 0.15) is 0 Å². The van der Waals surface area contributed by atoms with Crippen molar-refractivity contribution in [3.63, 3.8) is 0 Å². The van der Waals surface area contributed by atoms with Gasteiger partial charge in [0.2, 0.25) is 5.91 Å². The summed E-state index contributed by atoms with van der Waals surface area (Å²) in [6.45, 7) is 13.4. The maximum Gasteiger partial charge on any atom is 0.303 e.